The smallest absolute Gasteiger partial charge is 0.251 e. The molecule has 0 radical (unpaired) electrons. The molecule has 0 unspecified atom stereocenters. The summed E-state index contributed by atoms with van der Waals surface area (Å²) in [6.45, 7) is 4.86. The van der Waals surface area contributed by atoms with Gasteiger partial charge >= 0.3 is 0 Å². The first-order chi connectivity index (χ1) is 6.50. The second-order valence-electron chi connectivity index (χ2n) is 4.26. The molecule has 0 bridgehead atoms. The predicted octanol–water partition coefficient (Wildman–Crippen LogP) is 2.36. The highest BCUT2D eigenvalue weighted by molar-refractivity contribution is 6.30. The molecule has 1 aromatic carbocycles. The molecule has 1 aromatic rings. The number of benzene rings is 1. The molecule has 14 heavy (non-hydrogen) atoms. The lowest BCUT2D eigenvalue weighted by atomic mass is 9.79. The van der Waals surface area contributed by atoms with Crippen LogP contribution in [0.25, 0.3) is 0 Å². The molecular weight excluding hydrogens is 198 g/mol. The number of nitrogens with one attached hydrogen (secondary N) is 1. The number of fused-ring (bicyclic) bond motifs is 1. The number of carbonyl (C=O) groups excluding carboxylic acids is 1. The van der Waals surface area contributed by atoms with Crippen molar-refractivity contribution in [1.82, 2.24) is 5.32 Å². The molecule has 1 amide bonds. The highest BCUT2D eigenvalue weighted by atomic mass is 35.5. The van der Waals surface area contributed by atoms with Gasteiger partial charge in [0.2, 0.25) is 0 Å². The molecule has 0 aliphatic carbocycles. The van der Waals surface area contributed by atoms with Crippen LogP contribution in [-0.4, -0.2) is 12.5 Å². The van der Waals surface area contributed by atoms with Crippen LogP contribution >= 0.6 is 11.6 Å². The number of hydrogen-bond acceptors (Lipinski definition) is 1. The van der Waals surface area contributed by atoms with E-state index in [1.165, 1.54) is 0 Å². The fourth-order valence-corrected chi connectivity index (χ4v) is 1.94. The number of rotatable bonds is 0. The van der Waals surface area contributed by atoms with Crippen molar-refractivity contribution in [2.75, 3.05) is 6.54 Å². The first-order valence-corrected chi connectivity index (χ1v) is 4.97. The molecular formula is C11H12ClNO. The Labute approximate surface area is 88.3 Å². The van der Waals surface area contributed by atoms with Crippen molar-refractivity contribution in [2.24, 2.45) is 0 Å². The molecule has 2 nitrogen and oxygen atoms in total. The highest BCUT2D eigenvalue weighted by Crippen LogP contribution is 2.31. The van der Waals surface area contributed by atoms with Gasteiger partial charge in [0.15, 0.2) is 0 Å². The summed E-state index contributed by atoms with van der Waals surface area (Å²) >= 11 is 5.92. The lowest BCUT2D eigenvalue weighted by Crippen LogP contribution is -2.43. The van der Waals surface area contributed by atoms with Crippen molar-refractivity contribution in [3.8, 4) is 0 Å². The Balaban J connectivity index is 2.64. The van der Waals surface area contributed by atoms with Gasteiger partial charge in [-0.3, -0.25) is 4.79 Å². The summed E-state index contributed by atoms with van der Waals surface area (Å²) in [6.07, 6.45) is 0. The van der Waals surface area contributed by atoms with Gasteiger partial charge < -0.3 is 5.32 Å². The van der Waals surface area contributed by atoms with Crippen LogP contribution in [0.2, 0.25) is 5.02 Å². The van der Waals surface area contributed by atoms with Crippen molar-refractivity contribution in [3.05, 3.63) is 34.3 Å². The van der Waals surface area contributed by atoms with Crippen LogP contribution in [0.5, 0.6) is 0 Å². The van der Waals surface area contributed by atoms with Crippen LogP contribution in [0.1, 0.15) is 29.8 Å². The summed E-state index contributed by atoms with van der Waals surface area (Å²) in [5.74, 6) is -0.00371. The molecule has 0 aromatic heterocycles. The molecule has 1 N–H and O–H groups in total. The Morgan fingerprint density at radius 1 is 1.43 bits per heavy atom. The maximum Gasteiger partial charge on any atom is 0.251 e. The molecule has 74 valence electrons. The van der Waals surface area contributed by atoms with Crippen LogP contribution in [0.15, 0.2) is 18.2 Å². The van der Waals surface area contributed by atoms with Crippen molar-refractivity contribution >= 4 is 17.5 Å². The standard InChI is InChI=1S/C11H12ClNO/c1-11(2)6-13-10(14)8-4-3-7(12)5-9(8)11/h3-5H,6H2,1-2H3,(H,13,14). The zero-order valence-electron chi connectivity index (χ0n) is 8.23. The summed E-state index contributed by atoms with van der Waals surface area (Å²) in [6, 6.07) is 5.42. The van der Waals surface area contributed by atoms with E-state index in [0.29, 0.717) is 11.6 Å². The Morgan fingerprint density at radius 2 is 2.14 bits per heavy atom. The summed E-state index contributed by atoms with van der Waals surface area (Å²) < 4.78 is 0. The summed E-state index contributed by atoms with van der Waals surface area (Å²) in [4.78, 5) is 11.5. The molecule has 0 spiro atoms. The van der Waals surface area contributed by atoms with E-state index in [2.05, 4.69) is 19.2 Å². The minimum absolute atomic E-state index is 0.00371. The molecule has 2 rings (SSSR count). The van der Waals surface area contributed by atoms with Crippen molar-refractivity contribution < 1.29 is 4.79 Å². The second kappa shape index (κ2) is 2.99. The quantitative estimate of drug-likeness (QED) is 0.699. The van der Waals surface area contributed by atoms with Crippen LogP contribution in [0, 0.1) is 0 Å². The molecule has 0 fully saturated rings. The minimum Gasteiger partial charge on any atom is -0.351 e. The van der Waals surface area contributed by atoms with Gasteiger partial charge in [0, 0.05) is 22.5 Å². The first-order valence-electron chi connectivity index (χ1n) is 4.59. The van der Waals surface area contributed by atoms with E-state index in [1.807, 2.05) is 6.07 Å². The molecule has 0 saturated heterocycles. The Hall–Kier alpha value is -1.02. The Morgan fingerprint density at radius 3 is 2.86 bits per heavy atom. The number of halogens is 1. The van der Waals surface area contributed by atoms with Crippen molar-refractivity contribution in [3.63, 3.8) is 0 Å². The van der Waals surface area contributed by atoms with Crippen molar-refractivity contribution in [1.29, 1.82) is 0 Å². The van der Waals surface area contributed by atoms with Crippen LogP contribution in [-0.2, 0) is 5.41 Å². The van der Waals surface area contributed by atoms with Crippen LogP contribution in [0.4, 0.5) is 0 Å². The third-order valence-corrected chi connectivity index (χ3v) is 2.88. The van der Waals surface area contributed by atoms with Gasteiger partial charge in [-0.15, -0.1) is 0 Å². The maximum absolute atomic E-state index is 11.5. The summed E-state index contributed by atoms with van der Waals surface area (Å²) in [7, 11) is 0. The third kappa shape index (κ3) is 1.40. The van der Waals surface area contributed by atoms with E-state index < -0.39 is 0 Å². The number of carbonyl (C=O) groups is 1. The fraction of sp³-hybridized carbons (Fsp3) is 0.364. The van der Waals surface area contributed by atoms with Gasteiger partial charge in [-0.2, -0.15) is 0 Å². The normalized spacial score (nSPS) is 18.6. The topological polar surface area (TPSA) is 29.1 Å². The SMILES string of the molecule is CC1(C)CNC(=O)c2ccc(Cl)cc21. The molecule has 1 heterocycles. The minimum atomic E-state index is -0.0336. The van der Waals surface area contributed by atoms with Crippen LogP contribution < -0.4 is 5.32 Å². The molecule has 0 saturated carbocycles. The molecule has 3 heteroatoms. The molecule has 0 atom stereocenters. The average Bonchev–Trinajstić information content (AvgIpc) is 2.12. The fourth-order valence-electron chi connectivity index (χ4n) is 1.77. The van der Waals surface area contributed by atoms with E-state index in [0.717, 1.165) is 11.1 Å². The monoisotopic (exact) mass is 209 g/mol. The molecule has 1 aliphatic heterocycles. The zero-order chi connectivity index (χ0) is 10.3. The zero-order valence-corrected chi connectivity index (χ0v) is 8.98. The van der Waals surface area contributed by atoms with Gasteiger partial charge in [0.05, 0.1) is 0 Å². The lowest BCUT2D eigenvalue weighted by molar-refractivity contribution is 0.0930. The van der Waals surface area contributed by atoms with Crippen molar-refractivity contribution in [2.45, 2.75) is 19.3 Å². The van der Waals surface area contributed by atoms with Gasteiger partial charge in [-0.1, -0.05) is 25.4 Å². The Bertz CT molecular complexity index is 398. The van der Waals surface area contributed by atoms with E-state index >= 15 is 0 Å². The first kappa shape index (κ1) is 9.53. The maximum atomic E-state index is 11.5. The largest absolute Gasteiger partial charge is 0.351 e. The van der Waals surface area contributed by atoms with E-state index in [-0.39, 0.29) is 11.3 Å². The highest BCUT2D eigenvalue weighted by Gasteiger charge is 2.31. The second-order valence-corrected chi connectivity index (χ2v) is 4.69. The van der Waals surface area contributed by atoms with E-state index in [1.54, 1.807) is 12.1 Å². The van der Waals surface area contributed by atoms with Gasteiger partial charge in [0.25, 0.3) is 5.91 Å². The number of amides is 1. The number of hydrogen-bond donors (Lipinski definition) is 1. The third-order valence-electron chi connectivity index (χ3n) is 2.65. The van der Waals surface area contributed by atoms with Gasteiger partial charge in [-0.05, 0) is 23.8 Å². The average molecular weight is 210 g/mol. The Kier molecular flexibility index (Phi) is 2.04. The molecule has 1 aliphatic rings. The summed E-state index contributed by atoms with van der Waals surface area (Å²) in [5.41, 5.74) is 1.74. The van der Waals surface area contributed by atoms with E-state index in [4.69, 9.17) is 11.6 Å². The van der Waals surface area contributed by atoms with Crippen LogP contribution in [0.3, 0.4) is 0 Å². The van der Waals surface area contributed by atoms with E-state index in [9.17, 15) is 4.79 Å². The lowest BCUT2D eigenvalue weighted by Gasteiger charge is -2.32. The van der Waals surface area contributed by atoms with Gasteiger partial charge in [0.1, 0.15) is 0 Å². The van der Waals surface area contributed by atoms with Gasteiger partial charge in [-0.25, -0.2) is 0 Å². The predicted molar refractivity (Wildman–Crippen MR) is 56.8 cm³/mol. The summed E-state index contributed by atoms with van der Waals surface area (Å²) in [5, 5.41) is 3.55.